The summed E-state index contributed by atoms with van der Waals surface area (Å²) < 4.78 is 10.4. The van der Waals surface area contributed by atoms with Gasteiger partial charge in [-0.2, -0.15) is 0 Å². The highest BCUT2D eigenvalue weighted by Crippen LogP contribution is 2.27. The first-order valence-electron chi connectivity index (χ1n) is 5.79. The molecule has 0 bridgehead atoms. The molecule has 0 aromatic heterocycles. The van der Waals surface area contributed by atoms with Crippen molar-refractivity contribution in [2.24, 2.45) is 0 Å². The van der Waals surface area contributed by atoms with E-state index < -0.39 is 0 Å². The van der Waals surface area contributed by atoms with Crippen LogP contribution in [-0.2, 0) is 9.53 Å². The number of hydrogen-bond donors (Lipinski definition) is 1. The van der Waals surface area contributed by atoms with Crippen LogP contribution in [0.3, 0.4) is 0 Å². The van der Waals surface area contributed by atoms with Crippen molar-refractivity contribution in [3.05, 3.63) is 23.8 Å². The molecular formula is C13H19NO3. The van der Waals surface area contributed by atoms with Gasteiger partial charge >= 0.3 is 5.97 Å². The number of carbonyl (C=O) groups is 1. The van der Waals surface area contributed by atoms with Crippen LogP contribution in [0.4, 0.5) is 5.69 Å². The first-order chi connectivity index (χ1) is 8.10. The fraction of sp³-hybridized carbons (Fsp3) is 0.462. The molecule has 1 atom stereocenters. The highest BCUT2D eigenvalue weighted by atomic mass is 16.5. The molecule has 2 N–H and O–H groups in total. The molecule has 0 saturated carbocycles. The van der Waals surface area contributed by atoms with Crippen LogP contribution in [0.25, 0.3) is 0 Å². The molecule has 17 heavy (non-hydrogen) atoms. The number of anilines is 1. The fourth-order valence-electron chi connectivity index (χ4n) is 1.50. The molecule has 94 valence electrons. The van der Waals surface area contributed by atoms with Gasteiger partial charge in [-0.15, -0.1) is 0 Å². The summed E-state index contributed by atoms with van der Waals surface area (Å²) in [6.07, 6.45) is 0. The third-order valence-electron chi connectivity index (χ3n) is 2.48. The lowest BCUT2D eigenvalue weighted by Crippen LogP contribution is -2.13. The summed E-state index contributed by atoms with van der Waals surface area (Å²) in [4.78, 5) is 11.6. The normalized spacial score (nSPS) is 11.9. The second kappa shape index (κ2) is 6.13. The number of nitrogens with two attached hydrogens (primary N) is 1. The summed E-state index contributed by atoms with van der Waals surface area (Å²) in [7, 11) is 0. The van der Waals surface area contributed by atoms with Crippen LogP contribution in [0.2, 0.25) is 0 Å². The van der Waals surface area contributed by atoms with Crippen molar-refractivity contribution in [3.8, 4) is 5.75 Å². The van der Waals surface area contributed by atoms with Crippen LogP contribution < -0.4 is 10.5 Å². The molecule has 0 radical (unpaired) electrons. The molecule has 0 aliphatic carbocycles. The topological polar surface area (TPSA) is 61.5 Å². The molecule has 0 aliphatic rings. The maximum atomic E-state index is 11.6. The predicted octanol–water partition coefficient (Wildman–Crippen LogP) is 2.33. The van der Waals surface area contributed by atoms with Crippen molar-refractivity contribution in [2.45, 2.75) is 26.7 Å². The van der Waals surface area contributed by atoms with Crippen LogP contribution in [0.1, 0.15) is 32.3 Å². The van der Waals surface area contributed by atoms with E-state index >= 15 is 0 Å². The van der Waals surface area contributed by atoms with E-state index in [1.165, 1.54) is 0 Å². The molecular weight excluding hydrogens is 218 g/mol. The highest BCUT2D eigenvalue weighted by molar-refractivity contribution is 5.78. The molecule has 1 aromatic carbocycles. The molecule has 1 unspecified atom stereocenters. The van der Waals surface area contributed by atoms with E-state index in [4.69, 9.17) is 15.2 Å². The highest BCUT2D eigenvalue weighted by Gasteiger charge is 2.17. The van der Waals surface area contributed by atoms with Gasteiger partial charge in [-0.3, -0.25) is 4.79 Å². The Morgan fingerprint density at radius 1 is 1.35 bits per heavy atom. The summed E-state index contributed by atoms with van der Waals surface area (Å²) in [6.45, 7) is 6.41. The SMILES string of the molecule is CCOC(=O)C(C)c1ccc(N)c(OCC)c1. The number of ether oxygens (including phenoxy) is 2. The van der Waals surface area contributed by atoms with Crippen LogP contribution in [-0.4, -0.2) is 19.2 Å². The Morgan fingerprint density at radius 2 is 2.06 bits per heavy atom. The molecule has 4 nitrogen and oxygen atoms in total. The van der Waals surface area contributed by atoms with Gasteiger partial charge in [0.1, 0.15) is 5.75 Å². The second-order valence-electron chi connectivity index (χ2n) is 3.70. The molecule has 0 fully saturated rings. The zero-order valence-electron chi connectivity index (χ0n) is 10.5. The molecule has 0 spiro atoms. The van der Waals surface area contributed by atoms with Crippen molar-refractivity contribution < 1.29 is 14.3 Å². The Kier molecular flexibility index (Phi) is 4.82. The van der Waals surface area contributed by atoms with Crippen LogP contribution in [0.5, 0.6) is 5.75 Å². The zero-order chi connectivity index (χ0) is 12.8. The first kappa shape index (κ1) is 13.4. The van der Waals surface area contributed by atoms with E-state index in [0.717, 1.165) is 5.56 Å². The van der Waals surface area contributed by atoms with Gasteiger partial charge in [-0.25, -0.2) is 0 Å². The minimum Gasteiger partial charge on any atom is -0.492 e. The second-order valence-corrected chi connectivity index (χ2v) is 3.70. The van der Waals surface area contributed by atoms with Gasteiger partial charge in [0.05, 0.1) is 24.8 Å². The van der Waals surface area contributed by atoms with Crippen molar-refractivity contribution in [2.75, 3.05) is 18.9 Å². The van der Waals surface area contributed by atoms with Crippen LogP contribution in [0, 0.1) is 0 Å². The summed E-state index contributed by atoms with van der Waals surface area (Å²) >= 11 is 0. The lowest BCUT2D eigenvalue weighted by atomic mass is 10.0. The van der Waals surface area contributed by atoms with Crippen molar-refractivity contribution >= 4 is 11.7 Å². The van der Waals surface area contributed by atoms with E-state index in [-0.39, 0.29) is 11.9 Å². The predicted molar refractivity (Wildman–Crippen MR) is 67.1 cm³/mol. The zero-order valence-corrected chi connectivity index (χ0v) is 10.5. The maximum Gasteiger partial charge on any atom is 0.313 e. The standard InChI is InChI=1S/C13H19NO3/c1-4-16-12-8-10(6-7-11(12)14)9(3)13(15)17-5-2/h6-9H,4-5,14H2,1-3H3. The van der Waals surface area contributed by atoms with Crippen LogP contribution in [0.15, 0.2) is 18.2 Å². The Labute approximate surface area is 102 Å². The van der Waals surface area contributed by atoms with E-state index in [0.29, 0.717) is 24.7 Å². The summed E-state index contributed by atoms with van der Waals surface area (Å²) in [6, 6.07) is 5.36. The fourth-order valence-corrected chi connectivity index (χ4v) is 1.50. The van der Waals surface area contributed by atoms with Gasteiger partial charge in [0.25, 0.3) is 0 Å². The van der Waals surface area contributed by atoms with Crippen molar-refractivity contribution in [1.29, 1.82) is 0 Å². The smallest absolute Gasteiger partial charge is 0.313 e. The molecule has 4 heteroatoms. The summed E-state index contributed by atoms with van der Waals surface area (Å²) in [5.41, 5.74) is 7.19. The Hall–Kier alpha value is -1.71. The monoisotopic (exact) mass is 237 g/mol. The minimum atomic E-state index is -0.310. The number of carbonyl (C=O) groups excluding carboxylic acids is 1. The van der Waals surface area contributed by atoms with E-state index in [1.54, 1.807) is 26.0 Å². The minimum absolute atomic E-state index is 0.236. The largest absolute Gasteiger partial charge is 0.492 e. The number of nitrogen functional groups attached to an aromatic ring is 1. The maximum absolute atomic E-state index is 11.6. The Bertz CT molecular complexity index is 390. The molecule has 0 aliphatic heterocycles. The van der Waals surface area contributed by atoms with Crippen LogP contribution >= 0.6 is 0 Å². The van der Waals surface area contributed by atoms with Gasteiger partial charge in [-0.1, -0.05) is 6.07 Å². The van der Waals surface area contributed by atoms with E-state index in [2.05, 4.69) is 0 Å². The lowest BCUT2D eigenvalue weighted by molar-refractivity contribution is -0.144. The Balaban J connectivity index is 2.90. The van der Waals surface area contributed by atoms with Gasteiger partial charge in [0.2, 0.25) is 0 Å². The van der Waals surface area contributed by atoms with Gasteiger partial charge in [0.15, 0.2) is 0 Å². The molecule has 1 aromatic rings. The summed E-state index contributed by atoms with van der Waals surface area (Å²) in [5.74, 6) is 0.0654. The van der Waals surface area contributed by atoms with E-state index in [1.807, 2.05) is 13.0 Å². The first-order valence-corrected chi connectivity index (χ1v) is 5.79. The van der Waals surface area contributed by atoms with E-state index in [9.17, 15) is 4.79 Å². The summed E-state index contributed by atoms with van der Waals surface area (Å²) in [5, 5.41) is 0. The molecule has 0 amide bonds. The molecule has 0 saturated heterocycles. The average Bonchev–Trinajstić information content (AvgIpc) is 2.31. The Morgan fingerprint density at radius 3 is 2.65 bits per heavy atom. The number of hydrogen-bond acceptors (Lipinski definition) is 4. The lowest BCUT2D eigenvalue weighted by Gasteiger charge is -2.13. The van der Waals surface area contributed by atoms with Gasteiger partial charge < -0.3 is 15.2 Å². The number of rotatable bonds is 5. The van der Waals surface area contributed by atoms with Crippen molar-refractivity contribution in [1.82, 2.24) is 0 Å². The molecule has 0 heterocycles. The average molecular weight is 237 g/mol. The molecule has 1 rings (SSSR count). The van der Waals surface area contributed by atoms with Gasteiger partial charge in [-0.05, 0) is 38.5 Å². The quantitative estimate of drug-likeness (QED) is 0.630. The third kappa shape index (κ3) is 3.37. The third-order valence-corrected chi connectivity index (χ3v) is 2.48. The number of benzene rings is 1. The number of esters is 1. The van der Waals surface area contributed by atoms with Gasteiger partial charge in [0, 0.05) is 0 Å². The van der Waals surface area contributed by atoms with Crippen molar-refractivity contribution in [3.63, 3.8) is 0 Å².